The molecule has 1 heterocycles. The Labute approximate surface area is 95.4 Å². The van der Waals surface area contributed by atoms with Gasteiger partial charge in [-0.2, -0.15) is 0 Å². The number of aliphatic hydroxyl groups excluding tert-OH is 1. The first kappa shape index (κ1) is 10.6. The number of carboxylic acids is 1. The molecule has 1 aromatic rings. The van der Waals surface area contributed by atoms with E-state index in [1.54, 1.807) is 6.92 Å². The summed E-state index contributed by atoms with van der Waals surface area (Å²) >= 11 is 5.84. The largest absolute Gasteiger partial charge is 0.508 e. The van der Waals surface area contributed by atoms with E-state index in [4.69, 9.17) is 26.5 Å². The molecule has 0 atom stereocenters. The first-order chi connectivity index (χ1) is 7.56. The molecule has 84 valence electrons. The minimum atomic E-state index is -1.21. The summed E-state index contributed by atoms with van der Waals surface area (Å²) in [5, 5.41) is 18.5. The summed E-state index contributed by atoms with van der Waals surface area (Å²) in [6.07, 6.45) is 1.40. The van der Waals surface area contributed by atoms with E-state index in [2.05, 4.69) is 0 Å². The van der Waals surface area contributed by atoms with E-state index in [0.29, 0.717) is 0 Å². The molecule has 2 N–H and O–H groups in total. The van der Waals surface area contributed by atoms with E-state index in [1.807, 2.05) is 0 Å². The number of carboxylic acid groups (broad SMARTS) is 1. The number of fused-ring (bicyclic) bond motifs is 2. The van der Waals surface area contributed by atoms with Crippen LogP contribution in [0, 0.1) is 0 Å². The van der Waals surface area contributed by atoms with Crippen LogP contribution in [0.1, 0.15) is 22.8 Å². The van der Waals surface area contributed by atoms with Gasteiger partial charge < -0.3 is 10.2 Å². The molecule has 1 aromatic carbocycles. The molecule has 5 nitrogen and oxygen atoms in total. The lowest BCUT2D eigenvalue weighted by molar-refractivity contribution is -0.0855. The van der Waals surface area contributed by atoms with Gasteiger partial charge in [-0.3, -0.25) is 9.78 Å². The van der Waals surface area contributed by atoms with Gasteiger partial charge in [-0.15, -0.1) is 0 Å². The third-order valence-electron chi connectivity index (χ3n) is 2.16. The van der Waals surface area contributed by atoms with Gasteiger partial charge in [-0.25, -0.2) is 4.79 Å². The van der Waals surface area contributed by atoms with Gasteiger partial charge in [0.25, 0.3) is 0 Å². The molecule has 1 aliphatic heterocycles. The van der Waals surface area contributed by atoms with Gasteiger partial charge in [-0.1, -0.05) is 11.6 Å². The Morgan fingerprint density at radius 2 is 1.88 bits per heavy atom. The summed E-state index contributed by atoms with van der Waals surface area (Å²) in [4.78, 5) is 20.4. The Bertz CT molecular complexity index is 506. The van der Waals surface area contributed by atoms with E-state index < -0.39 is 5.97 Å². The first-order valence-corrected chi connectivity index (χ1v) is 4.74. The van der Waals surface area contributed by atoms with Crippen LogP contribution in [0.15, 0.2) is 12.1 Å². The fourth-order valence-electron chi connectivity index (χ4n) is 1.37. The van der Waals surface area contributed by atoms with Gasteiger partial charge in [0.1, 0.15) is 16.3 Å². The van der Waals surface area contributed by atoms with Crippen LogP contribution >= 0.6 is 11.6 Å². The van der Waals surface area contributed by atoms with E-state index in [9.17, 15) is 9.90 Å². The van der Waals surface area contributed by atoms with Gasteiger partial charge in [0.05, 0.1) is 5.56 Å². The van der Waals surface area contributed by atoms with Gasteiger partial charge in [0.2, 0.25) is 11.5 Å². The average Bonchev–Trinajstić information content (AvgIpc) is 2.52. The second-order valence-corrected chi connectivity index (χ2v) is 3.47. The quantitative estimate of drug-likeness (QED) is 0.616. The van der Waals surface area contributed by atoms with Crippen molar-refractivity contribution in [3.8, 4) is 11.5 Å². The second-order valence-electron chi connectivity index (χ2n) is 3.09. The Balaban J connectivity index is 2.72. The number of hydrogen-bond acceptors (Lipinski definition) is 4. The lowest BCUT2D eigenvalue weighted by atomic mass is 10.1. The third-order valence-corrected chi connectivity index (χ3v) is 2.51. The zero-order valence-corrected chi connectivity index (χ0v) is 8.91. The maximum atomic E-state index is 10.9. The number of benzene rings is 1. The SMILES string of the molecule is C/C=C(\O)c1cc(C(=O)O)c2c(Cl)c1OO2. The van der Waals surface area contributed by atoms with Crippen molar-refractivity contribution < 1.29 is 24.8 Å². The van der Waals surface area contributed by atoms with Crippen molar-refractivity contribution >= 4 is 23.3 Å². The molecule has 0 aliphatic carbocycles. The molecule has 0 saturated heterocycles. The number of halogens is 1. The van der Waals surface area contributed by atoms with Crippen molar-refractivity contribution in [1.82, 2.24) is 0 Å². The smallest absolute Gasteiger partial charge is 0.339 e. The topological polar surface area (TPSA) is 76.0 Å². The molecule has 0 aromatic heterocycles. The summed E-state index contributed by atoms with van der Waals surface area (Å²) in [5.74, 6) is -1.26. The predicted octanol–water partition coefficient (Wildman–Crippen LogP) is 2.64. The summed E-state index contributed by atoms with van der Waals surface area (Å²) < 4.78 is 0. The second kappa shape index (κ2) is 3.61. The molecule has 16 heavy (non-hydrogen) atoms. The maximum absolute atomic E-state index is 10.9. The van der Waals surface area contributed by atoms with Crippen LogP contribution in [0.5, 0.6) is 11.5 Å². The van der Waals surface area contributed by atoms with E-state index >= 15 is 0 Å². The molecular formula is C10H7ClO5. The van der Waals surface area contributed by atoms with Gasteiger partial charge in [-0.05, 0) is 19.1 Å². The zero-order chi connectivity index (χ0) is 11.9. The Morgan fingerprint density at radius 3 is 2.38 bits per heavy atom. The van der Waals surface area contributed by atoms with Crippen molar-refractivity contribution in [2.75, 3.05) is 0 Å². The fourth-order valence-corrected chi connectivity index (χ4v) is 1.63. The van der Waals surface area contributed by atoms with E-state index in [-0.39, 0.29) is 33.4 Å². The van der Waals surface area contributed by atoms with Crippen LogP contribution in [0.2, 0.25) is 5.02 Å². The summed E-state index contributed by atoms with van der Waals surface area (Å²) in [5.41, 5.74) is 0.0285. The number of allylic oxidation sites excluding steroid dienone is 1. The predicted molar refractivity (Wildman–Crippen MR) is 55.9 cm³/mol. The number of aromatic carboxylic acids is 1. The van der Waals surface area contributed by atoms with Crippen LogP contribution in [0.4, 0.5) is 0 Å². The van der Waals surface area contributed by atoms with Crippen LogP contribution in [-0.2, 0) is 0 Å². The zero-order valence-electron chi connectivity index (χ0n) is 8.15. The van der Waals surface area contributed by atoms with Crippen molar-refractivity contribution in [2.24, 2.45) is 0 Å². The molecule has 0 fully saturated rings. The highest BCUT2D eigenvalue weighted by Gasteiger charge is 2.31. The molecule has 1 aliphatic rings. The van der Waals surface area contributed by atoms with Gasteiger partial charge in [0.15, 0.2) is 0 Å². The van der Waals surface area contributed by atoms with Crippen LogP contribution in [0.25, 0.3) is 5.76 Å². The van der Waals surface area contributed by atoms with Crippen molar-refractivity contribution in [1.29, 1.82) is 0 Å². The first-order valence-electron chi connectivity index (χ1n) is 4.36. The van der Waals surface area contributed by atoms with E-state index in [0.717, 1.165) is 0 Å². The lowest BCUT2D eigenvalue weighted by Crippen LogP contribution is -1.99. The molecule has 0 radical (unpaired) electrons. The highest BCUT2D eigenvalue weighted by molar-refractivity contribution is 6.34. The van der Waals surface area contributed by atoms with Crippen LogP contribution < -0.4 is 9.78 Å². The number of rotatable bonds is 2. The monoisotopic (exact) mass is 242 g/mol. The number of carbonyl (C=O) groups is 1. The fraction of sp³-hybridized carbons (Fsp3) is 0.100. The lowest BCUT2D eigenvalue weighted by Gasteiger charge is -2.02. The Hall–Kier alpha value is -1.88. The highest BCUT2D eigenvalue weighted by atomic mass is 35.5. The highest BCUT2D eigenvalue weighted by Crippen LogP contribution is 2.46. The van der Waals surface area contributed by atoms with Crippen molar-refractivity contribution in [3.63, 3.8) is 0 Å². The Kier molecular flexibility index (Phi) is 2.40. The minimum absolute atomic E-state index is 0.0446. The van der Waals surface area contributed by atoms with Gasteiger partial charge in [0, 0.05) is 0 Å². The molecule has 0 unspecified atom stereocenters. The molecular weight excluding hydrogens is 236 g/mol. The molecule has 2 rings (SSSR count). The molecule has 2 bridgehead atoms. The summed E-state index contributed by atoms with van der Waals surface area (Å²) in [6, 6.07) is 1.25. The molecule has 0 spiro atoms. The summed E-state index contributed by atoms with van der Waals surface area (Å²) in [7, 11) is 0. The van der Waals surface area contributed by atoms with E-state index in [1.165, 1.54) is 12.1 Å². The summed E-state index contributed by atoms with van der Waals surface area (Å²) in [6.45, 7) is 1.60. The minimum Gasteiger partial charge on any atom is -0.508 e. The number of aliphatic hydroxyl groups is 1. The maximum Gasteiger partial charge on any atom is 0.339 e. The Morgan fingerprint density at radius 1 is 1.31 bits per heavy atom. The molecule has 0 amide bonds. The average molecular weight is 243 g/mol. The van der Waals surface area contributed by atoms with Crippen LogP contribution in [0.3, 0.4) is 0 Å². The standard InChI is InChI=1S/C10H7ClO5/c1-2-6(12)4-3-5(10(13)14)9-7(11)8(4)15-16-9/h2-3,12H,1H3,(H,13,14)/b6-2-. The molecule has 0 saturated carbocycles. The molecule has 6 heteroatoms. The van der Waals surface area contributed by atoms with Crippen molar-refractivity contribution in [2.45, 2.75) is 6.92 Å². The van der Waals surface area contributed by atoms with Crippen molar-refractivity contribution in [3.05, 3.63) is 28.3 Å². The third kappa shape index (κ3) is 1.37. The normalized spacial score (nSPS) is 13.2. The number of hydrogen-bond donors (Lipinski definition) is 2. The van der Waals surface area contributed by atoms with Crippen LogP contribution in [-0.4, -0.2) is 16.2 Å². The van der Waals surface area contributed by atoms with Gasteiger partial charge >= 0.3 is 5.97 Å².